The first-order valence-corrected chi connectivity index (χ1v) is 10.6. The highest BCUT2D eigenvalue weighted by atomic mass is 16.5. The second kappa shape index (κ2) is 15.2. The number of aliphatic imine (C=N–C) groups is 1. The van der Waals surface area contributed by atoms with Crippen LogP contribution in [0, 0.1) is 11.8 Å². The molecule has 1 atom stereocenters. The van der Waals surface area contributed by atoms with Gasteiger partial charge < -0.3 is 9.84 Å². The number of hydrogen-bond donors (Lipinski definition) is 1. The zero-order chi connectivity index (χ0) is 20.7. The lowest BCUT2D eigenvalue weighted by atomic mass is 9.82. The zero-order valence-corrected chi connectivity index (χ0v) is 18.1. The van der Waals surface area contributed by atoms with Crippen LogP contribution >= 0.6 is 0 Å². The maximum absolute atomic E-state index is 10.6. The molecule has 1 unspecified atom stereocenters. The SMILES string of the molecule is CC.CC.CC(C)C1CCCCC1.O=C(O)C1CN=C(c2ccccc2)O1. The number of hydrogen-bond acceptors (Lipinski definition) is 3. The van der Waals surface area contributed by atoms with E-state index in [1.54, 1.807) is 0 Å². The lowest BCUT2D eigenvalue weighted by Crippen LogP contribution is -2.23. The summed E-state index contributed by atoms with van der Waals surface area (Å²) in [6.45, 7) is 12.9. The Kier molecular flexibility index (Phi) is 14.2. The van der Waals surface area contributed by atoms with Crippen molar-refractivity contribution in [3.05, 3.63) is 35.9 Å². The second-order valence-corrected chi connectivity index (χ2v) is 6.60. The van der Waals surface area contributed by atoms with Crippen LogP contribution in [0.2, 0.25) is 0 Å². The molecule has 1 aliphatic heterocycles. The molecule has 0 spiro atoms. The topological polar surface area (TPSA) is 58.9 Å². The van der Waals surface area contributed by atoms with Crippen molar-refractivity contribution >= 4 is 11.9 Å². The van der Waals surface area contributed by atoms with Crippen LogP contribution in [0.4, 0.5) is 0 Å². The Hall–Kier alpha value is -1.84. The molecule has 2 aliphatic rings. The fraction of sp³-hybridized carbons (Fsp3) is 0.652. The lowest BCUT2D eigenvalue weighted by Gasteiger charge is -2.24. The van der Waals surface area contributed by atoms with Crippen LogP contribution in [-0.4, -0.2) is 29.6 Å². The fourth-order valence-corrected chi connectivity index (χ4v) is 3.04. The number of nitrogens with zero attached hydrogens (tertiary/aromatic N) is 1. The largest absolute Gasteiger partial charge is 0.478 e. The fourth-order valence-electron chi connectivity index (χ4n) is 3.04. The van der Waals surface area contributed by atoms with E-state index in [-0.39, 0.29) is 6.54 Å². The van der Waals surface area contributed by atoms with Gasteiger partial charge in [-0.05, 0) is 24.0 Å². The highest BCUT2D eigenvalue weighted by molar-refractivity contribution is 5.97. The van der Waals surface area contributed by atoms with Gasteiger partial charge in [-0.15, -0.1) is 0 Å². The van der Waals surface area contributed by atoms with Gasteiger partial charge in [0.2, 0.25) is 12.0 Å². The number of rotatable bonds is 3. The molecule has 154 valence electrons. The first-order chi connectivity index (χ1) is 13.1. The third-order valence-corrected chi connectivity index (χ3v) is 4.54. The minimum Gasteiger partial charge on any atom is -0.478 e. The van der Waals surface area contributed by atoms with E-state index in [1.165, 1.54) is 32.1 Å². The average Bonchev–Trinajstić information content (AvgIpc) is 3.24. The average molecular weight is 378 g/mol. The molecular weight excluding hydrogens is 338 g/mol. The van der Waals surface area contributed by atoms with E-state index in [1.807, 2.05) is 58.0 Å². The van der Waals surface area contributed by atoms with E-state index in [0.29, 0.717) is 5.90 Å². The van der Waals surface area contributed by atoms with Crippen molar-refractivity contribution in [3.63, 3.8) is 0 Å². The highest BCUT2D eigenvalue weighted by Gasteiger charge is 2.26. The molecule has 3 rings (SSSR count). The standard InChI is InChI=1S/C10H9NO3.C9H18.2C2H6/c12-10(13)8-6-11-9(14-8)7-4-2-1-3-5-7;1-8(2)9-6-4-3-5-7-9;2*1-2/h1-5,8H,6H2,(H,12,13);8-9H,3-7H2,1-2H3;2*1-2H3. The van der Waals surface area contributed by atoms with Crippen LogP contribution in [0.25, 0.3) is 0 Å². The molecular formula is C23H39NO3. The van der Waals surface area contributed by atoms with Gasteiger partial charge in [-0.25, -0.2) is 9.79 Å². The van der Waals surface area contributed by atoms with Crippen LogP contribution in [-0.2, 0) is 9.53 Å². The second-order valence-electron chi connectivity index (χ2n) is 6.60. The van der Waals surface area contributed by atoms with E-state index in [0.717, 1.165) is 17.4 Å². The summed E-state index contributed by atoms with van der Waals surface area (Å²) in [6, 6.07) is 9.27. The minimum atomic E-state index is -0.973. The van der Waals surface area contributed by atoms with Gasteiger partial charge >= 0.3 is 5.97 Å². The van der Waals surface area contributed by atoms with Gasteiger partial charge in [0, 0.05) is 5.56 Å². The maximum atomic E-state index is 10.6. The highest BCUT2D eigenvalue weighted by Crippen LogP contribution is 2.29. The number of carboxylic acid groups (broad SMARTS) is 1. The van der Waals surface area contributed by atoms with Crippen molar-refractivity contribution in [2.75, 3.05) is 6.54 Å². The number of ether oxygens (including phenoxy) is 1. The normalized spacial score (nSPS) is 18.5. The molecule has 1 aromatic rings. The van der Waals surface area contributed by atoms with E-state index < -0.39 is 12.1 Å². The number of aliphatic carboxylic acids is 1. The summed E-state index contributed by atoms with van der Waals surface area (Å²) in [5.74, 6) is 1.43. The van der Waals surface area contributed by atoms with Gasteiger partial charge in [0.05, 0.1) is 6.54 Å². The molecule has 0 saturated heterocycles. The lowest BCUT2D eigenvalue weighted by molar-refractivity contribution is -0.144. The summed E-state index contributed by atoms with van der Waals surface area (Å²) >= 11 is 0. The van der Waals surface area contributed by atoms with E-state index in [2.05, 4.69) is 18.8 Å². The summed E-state index contributed by atoms with van der Waals surface area (Å²) in [4.78, 5) is 14.6. The minimum absolute atomic E-state index is 0.194. The Morgan fingerprint density at radius 2 is 1.59 bits per heavy atom. The van der Waals surface area contributed by atoms with Crippen molar-refractivity contribution < 1.29 is 14.6 Å². The van der Waals surface area contributed by atoms with Crippen LogP contribution < -0.4 is 0 Å². The van der Waals surface area contributed by atoms with Crippen molar-refractivity contribution in [3.8, 4) is 0 Å². The molecule has 0 radical (unpaired) electrons. The molecule has 1 aromatic carbocycles. The van der Waals surface area contributed by atoms with E-state index >= 15 is 0 Å². The van der Waals surface area contributed by atoms with Crippen LogP contribution in [0.1, 0.15) is 79.2 Å². The molecule has 1 aliphatic carbocycles. The first-order valence-electron chi connectivity index (χ1n) is 10.6. The Labute approximate surface area is 166 Å². The van der Waals surface area contributed by atoms with Crippen LogP contribution in [0.3, 0.4) is 0 Å². The van der Waals surface area contributed by atoms with Crippen LogP contribution in [0.15, 0.2) is 35.3 Å². The number of benzene rings is 1. The van der Waals surface area contributed by atoms with Gasteiger partial charge in [-0.1, -0.05) is 91.8 Å². The molecule has 1 heterocycles. The summed E-state index contributed by atoms with van der Waals surface area (Å²) in [7, 11) is 0. The van der Waals surface area contributed by atoms with Gasteiger partial charge in [-0.3, -0.25) is 0 Å². The number of carbonyl (C=O) groups is 1. The third-order valence-electron chi connectivity index (χ3n) is 4.54. The Bertz CT molecular complexity index is 520. The molecule has 0 bridgehead atoms. The van der Waals surface area contributed by atoms with Gasteiger partial charge in [0.1, 0.15) is 0 Å². The Morgan fingerprint density at radius 1 is 1.04 bits per heavy atom. The molecule has 0 amide bonds. The quantitative estimate of drug-likeness (QED) is 0.683. The molecule has 1 saturated carbocycles. The summed E-state index contributed by atoms with van der Waals surface area (Å²) < 4.78 is 5.16. The molecule has 1 fully saturated rings. The van der Waals surface area contributed by atoms with Crippen LogP contribution in [0.5, 0.6) is 0 Å². The third kappa shape index (κ3) is 9.60. The van der Waals surface area contributed by atoms with E-state index in [9.17, 15) is 4.79 Å². The zero-order valence-electron chi connectivity index (χ0n) is 18.1. The Balaban J connectivity index is 0.000000451. The first kappa shape index (κ1) is 25.2. The van der Waals surface area contributed by atoms with Crippen molar-refractivity contribution in [2.24, 2.45) is 16.8 Å². The number of carboxylic acids is 1. The smallest absolute Gasteiger partial charge is 0.346 e. The van der Waals surface area contributed by atoms with Gasteiger partial charge in [-0.2, -0.15) is 0 Å². The maximum Gasteiger partial charge on any atom is 0.346 e. The predicted molar refractivity (Wildman–Crippen MR) is 114 cm³/mol. The summed E-state index contributed by atoms with van der Waals surface area (Å²) in [5.41, 5.74) is 0.816. The monoisotopic (exact) mass is 377 g/mol. The molecule has 1 N–H and O–H groups in total. The molecule has 4 heteroatoms. The molecule has 27 heavy (non-hydrogen) atoms. The van der Waals surface area contributed by atoms with Gasteiger partial charge in [0.25, 0.3) is 0 Å². The van der Waals surface area contributed by atoms with Crippen molar-refractivity contribution in [1.29, 1.82) is 0 Å². The van der Waals surface area contributed by atoms with E-state index in [4.69, 9.17) is 9.84 Å². The van der Waals surface area contributed by atoms with Crippen molar-refractivity contribution in [1.82, 2.24) is 0 Å². The summed E-state index contributed by atoms with van der Waals surface area (Å²) in [5, 5.41) is 8.68. The molecule has 4 nitrogen and oxygen atoms in total. The molecule has 0 aromatic heterocycles. The Morgan fingerprint density at radius 3 is 2.00 bits per heavy atom. The summed E-state index contributed by atoms with van der Waals surface area (Å²) in [6.07, 6.45) is 6.63. The van der Waals surface area contributed by atoms with Crippen molar-refractivity contribution in [2.45, 2.75) is 79.8 Å². The predicted octanol–water partition coefficient (Wildman–Crippen LogP) is 6.19. The van der Waals surface area contributed by atoms with Gasteiger partial charge in [0.15, 0.2) is 0 Å².